The number of hydrogen-bond donors (Lipinski definition) is 2. The van der Waals surface area contributed by atoms with Crippen LogP contribution in [0.3, 0.4) is 0 Å². The summed E-state index contributed by atoms with van der Waals surface area (Å²) in [4.78, 5) is 0.445. The molecule has 2 rings (SSSR count). The quantitative estimate of drug-likeness (QED) is 0.833. The van der Waals surface area contributed by atoms with Crippen LogP contribution in [-0.2, 0) is 0 Å². The molecule has 0 radical (unpaired) electrons. The lowest BCUT2D eigenvalue weighted by atomic mass is 9.80. The maximum Gasteiger partial charge on any atom is 0.106 e. The molecule has 0 saturated heterocycles. The van der Waals surface area contributed by atoms with E-state index in [0.717, 1.165) is 21.6 Å². The molecule has 17 heavy (non-hydrogen) atoms. The minimum absolute atomic E-state index is 0.445. The van der Waals surface area contributed by atoms with Crippen LogP contribution in [0, 0.1) is 5.92 Å². The highest BCUT2D eigenvalue weighted by molar-refractivity contribution is 9.10. The van der Waals surface area contributed by atoms with Crippen molar-refractivity contribution in [3.05, 3.63) is 28.2 Å². The Bertz CT molecular complexity index is 429. The van der Waals surface area contributed by atoms with Crippen LogP contribution in [-0.4, -0.2) is 11.0 Å². The van der Waals surface area contributed by atoms with E-state index in [9.17, 15) is 0 Å². The van der Waals surface area contributed by atoms with E-state index in [0.29, 0.717) is 11.0 Å². The van der Waals surface area contributed by atoms with Gasteiger partial charge in [0.2, 0.25) is 0 Å². The van der Waals surface area contributed by atoms with Gasteiger partial charge in [-0.2, -0.15) is 0 Å². The SMILES string of the molecule is CC(Nc1cc(Br)ccc1C(N)=S)C1CCC1. The van der Waals surface area contributed by atoms with Gasteiger partial charge >= 0.3 is 0 Å². The molecule has 1 aliphatic carbocycles. The molecule has 1 unspecified atom stereocenters. The highest BCUT2D eigenvalue weighted by atomic mass is 79.9. The van der Waals surface area contributed by atoms with Crippen molar-refractivity contribution in [3.63, 3.8) is 0 Å². The van der Waals surface area contributed by atoms with Crippen molar-refractivity contribution in [1.29, 1.82) is 0 Å². The first-order valence-corrected chi connectivity index (χ1v) is 7.14. The Kier molecular flexibility index (Phi) is 4.05. The Balaban J connectivity index is 2.17. The number of halogens is 1. The minimum Gasteiger partial charge on any atom is -0.389 e. The summed E-state index contributed by atoms with van der Waals surface area (Å²) in [7, 11) is 0. The summed E-state index contributed by atoms with van der Waals surface area (Å²) in [5.74, 6) is 0.785. The topological polar surface area (TPSA) is 38.0 Å². The van der Waals surface area contributed by atoms with Crippen LogP contribution in [0.5, 0.6) is 0 Å². The third-order valence-corrected chi connectivity index (χ3v) is 4.20. The zero-order valence-corrected chi connectivity index (χ0v) is 12.3. The maximum atomic E-state index is 5.74. The van der Waals surface area contributed by atoms with Crippen LogP contribution in [0.2, 0.25) is 0 Å². The zero-order chi connectivity index (χ0) is 12.4. The van der Waals surface area contributed by atoms with E-state index in [-0.39, 0.29) is 0 Å². The van der Waals surface area contributed by atoms with Crippen LogP contribution in [0.25, 0.3) is 0 Å². The Hall–Kier alpha value is -0.610. The summed E-state index contributed by atoms with van der Waals surface area (Å²) in [6, 6.07) is 6.45. The second kappa shape index (κ2) is 5.36. The van der Waals surface area contributed by atoms with E-state index in [1.807, 2.05) is 18.2 Å². The molecule has 2 nitrogen and oxygen atoms in total. The molecule has 1 aromatic rings. The van der Waals surface area contributed by atoms with Gasteiger partial charge in [0.25, 0.3) is 0 Å². The lowest BCUT2D eigenvalue weighted by molar-refractivity contribution is 0.285. The predicted octanol–water partition coefficient (Wildman–Crippen LogP) is 3.68. The summed E-state index contributed by atoms with van der Waals surface area (Å²) in [6.07, 6.45) is 4.01. The number of anilines is 1. The van der Waals surface area contributed by atoms with Gasteiger partial charge in [-0.05, 0) is 43.9 Å². The molecule has 0 amide bonds. The van der Waals surface area contributed by atoms with Crippen LogP contribution in [0.4, 0.5) is 5.69 Å². The fourth-order valence-corrected chi connectivity index (χ4v) is 2.69. The largest absolute Gasteiger partial charge is 0.389 e. The number of nitrogens with two attached hydrogens (primary N) is 1. The highest BCUT2D eigenvalue weighted by Gasteiger charge is 2.24. The van der Waals surface area contributed by atoms with Crippen LogP contribution in [0.15, 0.2) is 22.7 Å². The van der Waals surface area contributed by atoms with E-state index in [1.54, 1.807) is 0 Å². The highest BCUT2D eigenvalue weighted by Crippen LogP contribution is 2.32. The monoisotopic (exact) mass is 312 g/mol. The number of rotatable bonds is 4. The standard InChI is InChI=1S/C13H17BrN2S/c1-8(9-3-2-4-9)16-12-7-10(14)5-6-11(12)13(15)17/h5-9,16H,2-4H2,1H3,(H2,15,17). The number of benzene rings is 1. The molecule has 0 heterocycles. The Morgan fingerprint density at radius 3 is 2.76 bits per heavy atom. The van der Waals surface area contributed by atoms with Gasteiger partial charge in [0, 0.05) is 21.8 Å². The smallest absolute Gasteiger partial charge is 0.106 e. The molecule has 92 valence electrons. The van der Waals surface area contributed by atoms with E-state index in [4.69, 9.17) is 18.0 Å². The Morgan fingerprint density at radius 2 is 2.24 bits per heavy atom. The van der Waals surface area contributed by atoms with Gasteiger partial charge in [-0.25, -0.2) is 0 Å². The van der Waals surface area contributed by atoms with Gasteiger partial charge in [0.05, 0.1) is 0 Å². The van der Waals surface area contributed by atoms with Crippen LogP contribution < -0.4 is 11.1 Å². The van der Waals surface area contributed by atoms with Gasteiger partial charge in [0.1, 0.15) is 4.99 Å². The first-order valence-electron chi connectivity index (χ1n) is 5.94. The van der Waals surface area contributed by atoms with Gasteiger partial charge in [-0.1, -0.05) is 34.6 Å². The molecule has 3 N–H and O–H groups in total. The first kappa shape index (κ1) is 12.8. The van der Waals surface area contributed by atoms with Crippen molar-refractivity contribution < 1.29 is 0 Å². The van der Waals surface area contributed by atoms with E-state index < -0.39 is 0 Å². The van der Waals surface area contributed by atoms with Crippen molar-refractivity contribution in [1.82, 2.24) is 0 Å². The molecule has 1 aliphatic rings. The minimum atomic E-state index is 0.445. The molecule has 1 saturated carbocycles. The molecule has 0 spiro atoms. The molecule has 0 aliphatic heterocycles. The lowest BCUT2D eigenvalue weighted by Gasteiger charge is -2.33. The van der Waals surface area contributed by atoms with Crippen LogP contribution >= 0.6 is 28.1 Å². The van der Waals surface area contributed by atoms with Gasteiger partial charge in [0.15, 0.2) is 0 Å². The van der Waals surface area contributed by atoms with Crippen LogP contribution in [0.1, 0.15) is 31.7 Å². The molecule has 1 atom stereocenters. The van der Waals surface area contributed by atoms with E-state index >= 15 is 0 Å². The van der Waals surface area contributed by atoms with Crippen molar-refractivity contribution >= 4 is 38.8 Å². The predicted molar refractivity (Wildman–Crippen MR) is 80.5 cm³/mol. The first-order chi connectivity index (χ1) is 8.08. The Morgan fingerprint density at radius 1 is 1.53 bits per heavy atom. The summed E-state index contributed by atoms with van der Waals surface area (Å²) >= 11 is 8.56. The summed E-state index contributed by atoms with van der Waals surface area (Å²) < 4.78 is 1.04. The average Bonchev–Trinajstić information content (AvgIpc) is 2.13. The fraction of sp³-hybridized carbons (Fsp3) is 0.462. The molecule has 0 aromatic heterocycles. The fourth-order valence-electron chi connectivity index (χ4n) is 2.15. The van der Waals surface area contributed by atoms with Gasteiger partial charge < -0.3 is 11.1 Å². The van der Waals surface area contributed by atoms with Gasteiger partial charge in [-0.3, -0.25) is 0 Å². The lowest BCUT2D eigenvalue weighted by Crippen LogP contribution is -2.31. The number of thiocarbonyl (C=S) groups is 1. The molecular formula is C13H17BrN2S. The maximum absolute atomic E-state index is 5.74. The number of nitrogens with one attached hydrogen (secondary N) is 1. The molecule has 0 bridgehead atoms. The van der Waals surface area contributed by atoms with Crippen molar-refractivity contribution in [2.45, 2.75) is 32.2 Å². The second-order valence-electron chi connectivity index (χ2n) is 4.68. The molecule has 1 aromatic carbocycles. The van der Waals surface area contributed by atoms with Crippen molar-refractivity contribution in [2.75, 3.05) is 5.32 Å². The third-order valence-electron chi connectivity index (χ3n) is 3.49. The average molecular weight is 313 g/mol. The summed E-state index contributed by atoms with van der Waals surface area (Å²) in [6.45, 7) is 2.23. The summed E-state index contributed by atoms with van der Waals surface area (Å²) in [5.41, 5.74) is 7.70. The summed E-state index contributed by atoms with van der Waals surface area (Å²) in [5, 5.41) is 3.54. The van der Waals surface area contributed by atoms with Gasteiger partial charge in [-0.15, -0.1) is 0 Å². The number of hydrogen-bond acceptors (Lipinski definition) is 2. The normalized spacial score (nSPS) is 17.3. The van der Waals surface area contributed by atoms with Crippen molar-refractivity contribution in [3.8, 4) is 0 Å². The molecular weight excluding hydrogens is 296 g/mol. The third kappa shape index (κ3) is 2.99. The Labute approximate surface area is 116 Å². The molecule has 1 fully saturated rings. The van der Waals surface area contributed by atoms with E-state index in [2.05, 4.69) is 28.2 Å². The van der Waals surface area contributed by atoms with Crippen molar-refractivity contribution in [2.24, 2.45) is 11.7 Å². The zero-order valence-electron chi connectivity index (χ0n) is 9.87. The molecule has 4 heteroatoms. The van der Waals surface area contributed by atoms with E-state index in [1.165, 1.54) is 19.3 Å². The second-order valence-corrected chi connectivity index (χ2v) is 6.03.